The summed E-state index contributed by atoms with van der Waals surface area (Å²) in [4.78, 5) is 13.9. The molecule has 1 aromatic heterocycles. The molecular formula is C12H11N3O. The van der Waals surface area contributed by atoms with Crippen molar-refractivity contribution >= 4 is 11.9 Å². The van der Waals surface area contributed by atoms with E-state index in [1.54, 1.807) is 10.7 Å². The average molecular weight is 213 g/mol. The van der Waals surface area contributed by atoms with Gasteiger partial charge < -0.3 is 0 Å². The molecule has 4 nitrogen and oxygen atoms in total. The summed E-state index contributed by atoms with van der Waals surface area (Å²) in [5, 5.41) is 4.27. The number of nitrogens with zero attached hydrogens (tertiary/aromatic N) is 3. The number of aromatic nitrogens is 2. The molecule has 0 saturated carbocycles. The monoisotopic (exact) mass is 213 g/mol. The van der Waals surface area contributed by atoms with Crippen molar-refractivity contribution in [2.75, 3.05) is 0 Å². The zero-order valence-corrected chi connectivity index (χ0v) is 9.14. The molecule has 0 bridgehead atoms. The molecule has 0 fully saturated rings. The lowest BCUT2D eigenvalue weighted by Crippen LogP contribution is -1.95. The van der Waals surface area contributed by atoms with Crippen LogP contribution in [0.4, 0.5) is 5.82 Å². The Balaban J connectivity index is 2.54. The van der Waals surface area contributed by atoms with Gasteiger partial charge in [0.25, 0.3) is 0 Å². The average Bonchev–Trinajstić information content (AvgIpc) is 2.61. The summed E-state index contributed by atoms with van der Waals surface area (Å²) in [5.74, 6) is 0.497. The van der Waals surface area contributed by atoms with Gasteiger partial charge in [-0.1, -0.05) is 17.7 Å². The van der Waals surface area contributed by atoms with Gasteiger partial charge in [0.1, 0.15) is 0 Å². The van der Waals surface area contributed by atoms with Crippen LogP contribution >= 0.6 is 0 Å². The number of rotatable bonds is 2. The minimum absolute atomic E-state index is 0.497. The Labute approximate surface area is 93.2 Å². The van der Waals surface area contributed by atoms with Gasteiger partial charge in [-0.3, -0.25) is 0 Å². The molecule has 0 atom stereocenters. The van der Waals surface area contributed by atoms with Gasteiger partial charge in [-0.2, -0.15) is 5.10 Å². The highest BCUT2D eigenvalue weighted by Crippen LogP contribution is 2.19. The van der Waals surface area contributed by atoms with Crippen LogP contribution in [0.15, 0.2) is 35.3 Å². The molecule has 0 N–H and O–H groups in total. The van der Waals surface area contributed by atoms with E-state index in [1.165, 1.54) is 11.6 Å². The van der Waals surface area contributed by atoms with E-state index >= 15 is 0 Å². The summed E-state index contributed by atoms with van der Waals surface area (Å²) in [6, 6.07) is 9.59. The molecule has 0 aliphatic heterocycles. The van der Waals surface area contributed by atoms with Crippen LogP contribution in [0.1, 0.15) is 11.3 Å². The number of hydrogen-bond acceptors (Lipinski definition) is 3. The number of aryl methyl sites for hydroxylation is 2. The van der Waals surface area contributed by atoms with Crippen LogP contribution in [0, 0.1) is 13.8 Å². The minimum Gasteiger partial charge on any atom is -0.214 e. The lowest BCUT2D eigenvalue weighted by atomic mass is 10.2. The smallest absolute Gasteiger partial charge is 0.214 e. The normalized spacial score (nSPS) is 9.88. The standard InChI is InChI=1S/C12H11N3O/c1-9-3-5-11(6-4-9)15-12(13-8-16)7-10(2)14-15/h3-7H,1-2H3. The third-order valence-corrected chi connectivity index (χ3v) is 2.25. The van der Waals surface area contributed by atoms with Crippen LogP contribution < -0.4 is 0 Å². The van der Waals surface area contributed by atoms with Crippen molar-refractivity contribution in [3.8, 4) is 5.69 Å². The fourth-order valence-corrected chi connectivity index (χ4v) is 1.49. The van der Waals surface area contributed by atoms with Gasteiger partial charge in [0.15, 0.2) is 5.82 Å². The van der Waals surface area contributed by atoms with E-state index in [0.717, 1.165) is 11.4 Å². The van der Waals surface area contributed by atoms with E-state index in [9.17, 15) is 4.79 Å². The van der Waals surface area contributed by atoms with Crippen molar-refractivity contribution in [1.29, 1.82) is 0 Å². The van der Waals surface area contributed by atoms with Gasteiger partial charge in [-0.15, -0.1) is 4.99 Å². The predicted molar refractivity (Wildman–Crippen MR) is 60.8 cm³/mol. The molecule has 0 radical (unpaired) electrons. The molecule has 0 aliphatic carbocycles. The zero-order valence-electron chi connectivity index (χ0n) is 9.14. The summed E-state index contributed by atoms with van der Waals surface area (Å²) >= 11 is 0. The fourth-order valence-electron chi connectivity index (χ4n) is 1.49. The highest BCUT2D eigenvalue weighted by Gasteiger charge is 2.05. The van der Waals surface area contributed by atoms with Crippen molar-refractivity contribution < 1.29 is 4.79 Å². The summed E-state index contributed by atoms with van der Waals surface area (Å²) in [6.45, 7) is 3.87. The molecule has 0 spiro atoms. The third kappa shape index (κ3) is 1.92. The molecule has 0 amide bonds. The first-order chi connectivity index (χ1) is 7.70. The summed E-state index contributed by atoms with van der Waals surface area (Å²) < 4.78 is 1.62. The van der Waals surface area contributed by atoms with Crippen LogP contribution in [0.25, 0.3) is 5.69 Å². The molecule has 2 aromatic rings. The number of hydrogen-bond donors (Lipinski definition) is 0. The fraction of sp³-hybridized carbons (Fsp3) is 0.167. The first kappa shape index (κ1) is 10.3. The van der Waals surface area contributed by atoms with Gasteiger partial charge in [0.05, 0.1) is 11.4 Å². The van der Waals surface area contributed by atoms with Crippen molar-refractivity contribution in [1.82, 2.24) is 9.78 Å². The Morgan fingerprint density at radius 2 is 1.94 bits per heavy atom. The summed E-state index contributed by atoms with van der Waals surface area (Å²) in [7, 11) is 0. The van der Waals surface area contributed by atoms with Crippen molar-refractivity contribution in [2.24, 2.45) is 4.99 Å². The summed E-state index contributed by atoms with van der Waals surface area (Å²) in [5.41, 5.74) is 2.87. The Hall–Kier alpha value is -2.19. The van der Waals surface area contributed by atoms with E-state index in [0.29, 0.717) is 5.82 Å². The van der Waals surface area contributed by atoms with Crippen LogP contribution in [0.3, 0.4) is 0 Å². The van der Waals surface area contributed by atoms with E-state index in [4.69, 9.17) is 0 Å². The molecule has 4 heteroatoms. The zero-order chi connectivity index (χ0) is 11.5. The van der Waals surface area contributed by atoms with Crippen molar-refractivity contribution in [2.45, 2.75) is 13.8 Å². The number of isocyanates is 1. The largest absolute Gasteiger partial charge is 0.242 e. The maximum atomic E-state index is 10.3. The van der Waals surface area contributed by atoms with Gasteiger partial charge in [-0.25, -0.2) is 9.48 Å². The molecule has 1 heterocycles. The molecule has 0 unspecified atom stereocenters. The molecule has 80 valence electrons. The predicted octanol–water partition coefficient (Wildman–Crippen LogP) is 2.46. The Kier molecular flexibility index (Phi) is 2.66. The second-order valence-corrected chi connectivity index (χ2v) is 3.59. The highest BCUT2D eigenvalue weighted by atomic mass is 16.1. The maximum Gasteiger partial charge on any atom is 0.242 e. The van der Waals surface area contributed by atoms with Gasteiger partial charge >= 0.3 is 0 Å². The molecule has 2 rings (SSSR count). The van der Waals surface area contributed by atoms with E-state index in [1.807, 2.05) is 38.1 Å². The highest BCUT2D eigenvalue weighted by molar-refractivity contribution is 5.49. The van der Waals surface area contributed by atoms with E-state index in [2.05, 4.69) is 10.1 Å². The van der Waals surface area contributed by atoms with E-state index < -0.39 is 0 Å². The van der Waals surface area contributed by atoms with Gasteiger partial charge in [0.2, 0.25) is 6.08 Å². The third-order valence-electron chi connectivity index (χ3n) is 2.25. The van der Waals surface area contributed by atoms with Gasteiger partial charge in [-0.05, 0) is 26.0 Å². The van der Waals surface area contributed by atoms with Crippen LogP contribution in [0.5, 0.6) is 0 Å². The minimum atomic E-state index is 0.497. The Bertz CT molecular complexity index is 548. The molecular weight excluding hydrogens is 202 g/mol. The number of benzene rings is 1. The molecule has 0 saturated heterocycles. The lowest BCUT2D eigenvalue weighted by molar-refractivity contribution is 0.565. The second kappa shape index (κ2) is 4.13. The Morgan fingerprint density at radius 3 is 2.56 bits per heavy atom. The number of carbonyl (C=O) groups excluding carboxylic acids is 1. The molecule has 1 aromatic carbocycles. The maximum absolute atomic E-state index is 10.3. The lowest BCUT2D eigenvalue weighted by Gasteiger charge is -2.03. The number of aliphatic imine (C=N–C) groups is 1. The van der Waals surface area contributed by atoms with Crippen LogP contribution in [-0.4, -0.2) is 15.9 Å². The molecule has 0 aliphatic rings. The SMILES string of the molecule is Cc1ccc(-n2nc(C)cc2N=C=O)cc1. The second-order valence-electron chi connectivity index (χ2n) is 3.59. The van der Waals surface area contributed by atoms with Crippen LogP contribution in [-0.2, 0) is 4.79 Å². The topological polar surface area (TPSA) is 47.2 Å². The van der Waals surface area contributed by atoms with Gasteiger partial charge in [0, 0.05) is 6.07 Å². The summed E-state index contributed by atoms with van der Waals surface area (Å²) in [6.07, 6.45) is 1.53. The quantitative estimate of drug-likeness (QED) is 0.568. The molecule has 16 heavy (non-hydrogen) atoms. The first-order valence-electron chi connectivity index (χ1n) is 4.92. The van der Waals surface area contributed by atoms with Crippen molar-refractivity contribution in [3.05, 3.63) is 41.6 Å². The van der Waals surface area contributed by atoms with Crippen molar-refractivity contribution in [3.63, 3.8) is 0 Å². The van der Waals surface area contributed by atoms with Crippen LogP contribution in [0.2, 0.25) is 0 Å². The first-order valence-corrected chi connectivity index (χ1v) is 4.92. The Morgan fingerprint density at radius 1 is 1.25 bits per heavy atom. The van der Waals surface area contributed by atoms with E-state index in [-0.39, 0.29) is 0 Å².